The molecule has 0 unspecified atom stereocenters. The Morgan fingerprint density at radius 3 is 2.68 bits per heavy atom. The molecule has 160 valence electrons. The van der Waals surface area contributed by atoms with Gasteiger partial charge in [0.25, 0.3) is 11.5 Å². The molecule has 0 N–H and O–H groups in total. The molecule has 5 rings (SSSR count). The Hall–Kier alpha value is -3.22. The molecule has 1 aliphatic carbocycles. The number of aryl methyl sites for hydroxylation is 3. The summed E-state index contributed by atoms with van der Waals surface area (Å²) in [5.74, 6) is 1.26. The second-order valence-corrected chi connectivity index (χ2v) is 8.56. The molecule has 31 heavy (non-hydrogen) atoms. The van der Waals surface area contributed by atoms with Crippen molar-refractivity contribution >= 4 is 5.91 Å². The highest BCUT2D eigenvalue weighted by molar-refractivity contribution is 5.95. The van der Waals surface area contributed by atoms with Crippen LogP contribution in [0.1, 0.15) is 63.9 Å². The number of rotatable bonds is 3. The highest BCUT2D eigenvalue weighted by atomic mass is 16.5. The van der Waals surface area contributed by atoms with Gasteiger partial charge in [-0.3, -0.25) is 14.2 Å². The molecule has 2 aliphatic rings. The van der Waals surface area contributed by atoms with Crippen molar-refractivity contribution in [1.29, 1.82) is 0 Å². The van der Waals surface area contributed by atoms with Gasteiger partial charge in [0, 0.05) is 32.1 Å². The van der Waals surface area contributed by atoms with Crippen molar-refractivity contribution in [2.24, 2.45) is 0 Å². The first-order valence-corrected chi connectivity index (χ1v) is 11.0. The maximum absolute atomic E-state index is 13.4. The summed E-state index contributed by atoms with van der Waals surface area (Å²) >= 11 is 0. The molecule has 1 saturated heterocycles. The van der Waals surface area contributed by atoms with E-state index in [0.717, 1.165) is 43.4 Å². The highest BCUT2D eigenvalue weighted by Gasteiger charge is 2.29. The number of carbonyl (C=O) groups is 1. The lowest BCUT2D eigenvalue weighted by Gasteiger charge is -2.31. The Balaban J connectivity index is 1.42. The zero-order valence-electron chi connectivity index (χ0n) is 17.9. The van der Waals surface area contributed by atoms with Gasteiger partial charge in [-0.1, -0.05) is 17.3 Å². The van der Waals surface area contributed by atoms with Crippen LogP contribution >= 0.6 is 0 Å². The molecule has 0 bridgehead atoms. The Labute approximate surface area is 180 Å². The van der Waals surface area contributed by atoms with E-state index in [4.69, 9.17) is 4.52 Å². The first-order valence-electron chi connectivity index (χ1n) is 11.0. The summed E-state index contributed by atoms with van der Waals surface area (Å²) in [4.78, 5) is 32.9. The largest absolute Gasteiger partial charge is 0.340 e. The molecule has 0 radical (unpaired) electrons. The summed E-state index contributed by atoms with van der Waals surface area (Å²) in [7, 11) is 0. The lowest BCUT2D eigenvalue weighted by Crippen LogP contribution is -2.41. The summed E-state index contributed by atoms with van der Waals surface area (Å²) in [5, 5.41) is 4.03. The average molecular weight is 418 g/mol. The van der Waals surface area contributed by atoms with Crippen LogP contribution in [0.15, 0.2) is 39.8 Å². The molecule has 0 saturated carbocycles. The second-order valence-electron chi connectivity index (χ2n) is 8.56. The fourth-order valence-electron chi connectivity index (χ4n) is 4.88. The van der Waals surface area contributed by atoms with E-state index in [0.29, 0.717) is 24.8 Å². The number of piperidine rings is 1. The molecule has 1 amide bonds. The normalized spacial score (nSPS) is 16.5. The Morgan fingerprint density at radius 2 is 1.94 bits per heavy atom. The Bertz CT molecular complexity index is 1200. The van der Waals surface area contributed by atoms with Crippen LogP contribution < -0.4 is 5.56 Å². The van der Waals surface area contributed by atoms with Crippen molar-refractivity contribution in [3.05, 3.63) is 74.8 Å². The van der Waals surface area contributed by atoms with Gasteiger partial charge in [0.05, 0.1) is 5.69 Å². The predicted octanol–water partition coefficient (Wildman–Crippen LogP) is 3.35. The van der Waals surface area contributed by atoms with Gasteiger partial charge in [0.15, 0.2) is 5.82 Å². The smallest absolute Gasteiger partial charge is 0.268 e. The number of pyridine rings is 1. The van der Waals surface area contributed by atoms with E-state index in [1.54, 1.807) is 22.6 Å². The van der Waals surface area contributed by atoms with Gasteiger partial charge in [0.1, 0.15) is 5.56 Å². The fourth-order valence-corrected chi connectivity index (χ4v) is 4.88. The van der Waals surface area contributed by atoms with E-state index < -0.39 is 0 Å². The van der Waals surface area contributed by atoms with Crippen molar-refractivity contribution in [3.8, 4) is 5.69 Å². The van der Waals surface area contributed by atoms with Crippen LogP contribution in [0.25, 0.3) is 5.69 Å². The van der Waals surface area contributed by atoms with Crippen LogP contribution in [0.3, 0.4) is 0 Å². The number of aromatic nitrogens is 3. The molecule has 3 aromatic rings. The minimum absolute atomic E-state index is 0.182. The monoisotopic (exact) mass is 418 g/mol. The average Bonchev–Trinajstić information content (AvgIpc) is 3.43. The SMILES string of the molecule is Cc1nc(C2CCN(C(=O)c3c(C)ccn(-c4cccc5c4CCC5)c3=O)CC2)no1. The van der Waals surface area contributed by atoms with Gasteiger partial charge in [-0.2, -0.15) is 4.98 Å². The number of amides is 1. The van der Waals surface area contributed by atoms with Crippen molar-refractivity contribution < 1.29 is 9.32 Å². The molecule has 7 heteroatoms. The predicted molar refractivity (Wildman–Crippen MR) is 116 cm³/mol. The molecular weight excluding hydrogens is 392 g/mol. The van der Waals surface area contributed by atoms with E-state index in [9.17, 15) is 9.59 Å². The van der Waals surface area contributed by atoms with E-state index in [-0.39, 0.29) is 22.9 Å². The molecule has 0 spiro atoms. The zero-order valence-corrected chi connectivity index (χ0v) is 17.9. The molecule has 3 heterocycles. The van der Waals surface area contributed by atoms with Crippen molar-refractivity contribution in [2.75, 3.05) is 13.1 Å². The number of nitrogens with zero attached hydrogens (tertiary/aromatic N) is 4. The Kier molecular flexibility index (Phi) is 4.96. The van der Waals surface area contributed by atoms with E-state index in [1.165, 1.54) is 11.1 Å². The summed E-state index contributed by atoms with van der Waals surface area (Å²) in [6, 6.07) is 7.98. The zero-order chi connectivity index (χ0) is 21.5. The lowest BCUT2D eigenvalue weighted by molar-refractivity contribution is 0.0707. The molecule has 7 nitrogen and oxygen atoms in total. The minimum atomic E-state index is -0.235. The fraction of sp³-hybridized carbons (Fsp3) is 0.417. The molecule has 0 atom stereocenters. The molecule has 1 aromatic carbocycles. The van der Waals surface area contributed by atoms with Crippen molar-refractivity contribution in [2.45, 2.75) is 51.9 Å². The van der Waals surface area contributed by atoms with Gasteiger partial charge >= 0.3 is 0 Å². The van der Waals surface area contributed by atoms with E-state index >= 15 is 0 Å². The van der Waals surface area contributed by atoms with Gasteiger partial charge in [0.2, 0.25) is 5.89 Å². The molecule has 2 aromatic heterocycles. The molecule has 1 aliphatic heterocycles. The first kappa shape index (κ1) is 19.7. The topological polar surface area (TPSA) is 81.2 Å². The minimum Gasteiger partial charge on any atom is -0.340 e. The number of hydrogen-bond acceptors (Lipinski definition) is 5. The summed E-state index contributed by atoms with van der Waals surface area (Å²) in [6.07, 6.45) is 6.44. The molecule has 1 fully saturated rings. The number of fused-ring (bicyclic) bond motifs is 1. The van der Waals surface area contributed by atoms with Gasteiger partial charge < -0.3 is 9.42 Å². The van der Waals surface area contributed by atoms with Crippen LogP contribution in [0.5, 0.6) is 0 Å². The quantitative estimate of drug-likeness (QED) is 0.652. The van der Waals surface area contributed by atoms with Crippen molar-refractivity contribution in [3.63, 3.8) is 0 Å². The summed E-state index contributed by atoms with van der Waals surface area (Å²) in [6.45, 7) is 4.76. The summed E-state index contributed by atoms with van der Waals surface area (Å²) in [5.41, 5.74) is 4.18. The standard InChI is InChI=1S/C24H26N4O3/c1-15-9-14-28(20-8-4-6-17-5-3-7-19(17)20)24(30)21(15)23(29)27-12-10-18(11-13-27)22-25-16(2)31-26-22/h4,6,8-9,14,18H,3,5,7,10-13H2,1-2H3. The third kappa shape index (κ3) is 3.48. The van der Waals surface area contributed by atoms with Crippen LogP contribution in [0, 0.1) is 13.8 Å². The van der Waals surface area contributed by atoms with Gasteiger partial charge in [-0.25, -0.2) is 0 Å². The number of hydrogen-bond donors (Lipinski definition) is 0. The second kappa shape index (κ2) is 7.80. The van der Waals surface area contributed by atoms with Crippen LogP contribution in [0.4, 0.5) is 0 Å². The third-order valence-electron chi connectivity index (χ3n) is 6.59. The number of carbonyl (C=O) groups excluding carboxylic acids is 1. The third-order valence-corrected chi connectivity index (χ3v) is 6.59. The van der Waals surface area contributed by atoms with Gasteiger partial charge in [-0.05, 0) is 67.9 Å². The highest BCUT2D eigenvalue weighted by Crippen LogP contribution is 2.28. The molecular formula is C24H26N4O3. The van der Waals surface area contributed by atoms with E-state index in [2.05, 4.69) is 16.2 Å². The van der Waals surface area contributed by atoms with E-state index in [1.807, 2.05) is 25.1 Å². The van der Waals surface area contributed by atoms with Gasteiger partial charge in [-0.15, -0.1) is 0 Å². The maximum atomic E-state index is 13.4. The maximum Gasteiger partial charge on any atom is 0.268 e. The van der Waals surface area contributed by atoms with Crippen molar-refractivity contribution in [1.82, 2.24) is 19.6 Å². The summed E-state index contributed by atoms with van der Waals surface area (Å²) < 4.78 is 6.75. The Morgan fingerprint density at radius 1 is 1.13 bits per heavy atom. The number of likely N-dealkylation sites (tertiary alicyclic amines) is 1. The van der Waals surface area contributed by atoms with Crippen LogP contribution in [0.2, 0.25) is 0 Å². The first-order chi connectivity index (χ1) is 15.0. The lowest BCUT2D eigenvalue weighted by atomic mass is 9.95. The number of benzene rings is 1. The van der Waals surface area contributed by atoms with Crippen LogP contribution in [-0.2, 0) is 12.8 Å². The van der Waals surface area contributed by atoms with Crippen LogP contribution in [-0.4, -0.2) is 38.6 Å².